The molecule has 6 heteroatoms. The van der Waals surface area contributed by atoms with E-state index in [4.69, 9.17) is 0 Å². The Hall–Kier alpha value is -1.17. The normalized spacial score (nSPS) is 21.3. The Morgan fingerprint density at radius 1 is 1.21 bits per heavy atom. The van der Waals surface area contributed by atoms with Gasteiger partial charge in [0, 0.05) is 4.90 Å². The lowest BCUT2D eigenvalue weighted by molar-refractivity contribution is -0.137. The maximum Gasteiger partial charge on any atom is 0.416 e. The van der Waals surface area contributed by atoms with E-state index >= 15 is 0 Å². The first-order valence-electron chi connectivity index (χ1n) is 6.12. The van der Waals surface area contributed by atoms with Gasteiger partial charge in [0.2, 0.25) is 5.91 Å². The molecule has 1 amide bonds. The van der Waals surface area contributed by atoms with Crippen molar-refractivity contribution >= 4 is 23.4 Å². The summed E-state index contributed by atoms with van der Waals surface area (Å²) in [7, 11) is 0. The lowest BCUT2D eigenvalue weighted by Gasteiger charge is -2.33. The van der Waals surface area contributed by atoms with Crippen molar-refractivity contribution < 1.29 is 18.0 Å². The highest BCUT2D eigenvalue weighted by molar-refractivity contribution is 8.01. The Balaban J connectivity index is 1.97. The van der Waals surface area contributed by atoms with Gasteiger partial charge in [-0.15, -0.1) is 11.8 Å². The van der Waals surface area contributed by atoms with Gasteiger partial charge in [-0.3, -0.25) is 4.79 Å². The molecule has 0 bridgehead atoms. The number of amides is 1. The lowest BCUT2D eigenvalue weighted by atomic mass is 10.1. The molecule has 19 heavy (non-hydrogen) atoms. The maximum absolute atomic E-state index is 12.6. The van der Waals surface area contributed by atoms with Gasteiger partial charge >= 0.3 is 6.18 Å². The summed E-state index contributed by atoms with van der Waals surface area (Å²) in [5, 5.41) is 2.65. The predicted octanol–water partition coefficient (Wildman–Crippen LogP) is 4.06. The Morgan fingerprint density at radius 3 is 2.53 bits per heavy atom. The highest BCUT2D eigenvalue weighted by atomic mass is 32.2. The van der Waals surface area contributed by atoms with E-state index in [0.29, 0.717) is 0 Å². The summed E-state index contributed by atoms with van der Waals surface area (Å²) in [5.41, 5.74) is -0.447. The minimum Gasteiger partial charge on any atom is -0.324 e. The van der Waals surface area contributed by atoms with Crippen molar-refractivity contribution in [2.45, 2.75) is 41.5 Å². The van der Waals surface area contributed by atoms with E-state index in [1.165, 1.54) is 17.8 Å². The minimum absolute atomic E-state index is 0.151. The van der Waals surface area contributed by atoms with Gasteiger partial charge in [0.15, 0.2) is 0 Å². The van der Waals surface area contributed by atoms with Crippen molar-refractivity contribution in [3.8, 4) is 0 Å². The highest BCUT2D eigenvalue weighted by Gasteiger charge is 2.45. The number of rotatable bonds is 0. The summed E-state index contributed by atoms with van der Waals surface area (Å²) < 4.78 is 37.4. The van der Waals surface area contributed by atoms with Crippen LogP contribution in [0.3, 0.4) is 0 Å². The van der Waals surface area contributed by atoms with Crippen LogP contribution in [-0.4, -0.2) is 10.7 Å². The van der Waals surface area contributed by atoms with Crippen LogP contribution in [0.2, 0.25) is 0 Å². The van der Waals surface area contributed by atoms with Gasteiger partial charge in [-0.25, -0.2) is 0 Å². The molecule has 0 aromatic heterocycles. The predicted molar refractivity (Wildman–Crippen MR) is 67.1 cm³/mol. The monoisotopic (exact) mass is 287 g/mol. The van der Waals surface area contributed by atoms with E-state index in [1.54, 1.807) is 0 Å². The number of carbonyl (C=O) groups excluding carboxylic acids is 1. The second-order valence-electron chi connectivity index (χ2n) is 4.97. The standard InChI is InChI=1S/C13H12F3NOS/c14-13(15,16)8-3-4-10-9(7-8)17-11(18)12(19-10)5-1-2-6-12/h3-4,7H,1-2,5-6H2,(H,17,18). The number of anilines is 1. The van der Waals surface area contributed by atoms with Crippen LogP contribution in [0, 0.1) is 0 Å². The molecule has 1 aliphatic heterocycles. The van der Waals surface area contributed by atoms with E-state index in [0.717, 1.165) is 42.7 Å². The van der Waals surface area contributed by atoms with Crippen molar-refractivity contribution in [3.05, 3.63) is 23.8 Å². The van der Waals surface area contributed by atoms with Gasteiger partial charge in [0.25, 0.3) is 0 Å². The molecule has 0 radical (unpaired) electrons. The summed E-state index contributed by atoms with van der Waals surface area (Å²) in [6.45, 7) is 0. The number of carbonyl (C=O) groups is 1. The fourth-order valence-electron chi connectivity index (χ4n) is 2.66. The number of alkyl halides is 3. The first-order chi connectivity index (χ1) is 8.91. The largest absolute Gasteiger partial charge is 0.416 e. The van der Waals surface area contributed by atoms with Crippen molar-refractivity contribution in [1.29, 1.82) is 0 Å². The topological polar surface area (TPSA) is 29.1 Å². The minimum atomic E-state index is -4.38. The van der Waals surface area contributed by atoms with Crippen molar-refractivity contribution in [2.24, 2.45) is 0 Å². The van der Waals surface area contributed by atoms with Crippen LogP contribution in [0.1, 0.15) is 31.2 Å². The number of fused-ring (bicyclic) bond motifs is 1. The summed E-state index contributed by atoms with van der Waals surface area (Å²) in [6.07, 6.45) is -0.798. The molecule has 2 nitrogen and oxygen atoms in total. The zero-order valence-corrected chi connectivity index (χ0v) is 10.8. The number of halogens is 3. The van der Waals surface area contributed by atoms with Crippen LogP contribution in [-0.2, 0) is 11.0 Å². The third-order valence-corrected chi connectivity index (χ3v) is 5.25. The maximum atomic E-state index is 12.6. The van der Waals surface area contributed by atoms with Gasteiger partial charge in [-0.05, 0) is 31.0 Å². The molecular formula is C13H12F3NOS. The van der Waals surface area contributed by atoms with Crippen molar-refractivity contribution in [1.82, 2.24) is 0 Å². The van der Waals surface area contributed by atoms with Crippen LogP contribution in [0.25, 0.3) is 0 Å². The van der Waals surface area contributed by atoms with E-state index in [2.05, 4.69) is 5.32 Å². The van der Waals surface area contributed by atoms with Gasteiger partial charge in [-0.1, -0.05) is 12.8 Å². The average Bonchev–Trinajstić information content (AvgIpc) is 2.78. The van der Waals surface area contributed by atoms with Crippen LogP contribution < -0.4 is 5.32 Å². The van der Waals surface area contributed by atoms with E-state index in [9.17, 15) is 18.0 Å². The molecule has 1 spiro atoms. The molecule has 1 aliphatic carbocycles. The molecular weight excluding hydrogens is 275 g/mol. The molecule has 0 atom stereocenters. The summed E-state index contributed by atoms with van der Waals surface area (Å²) in [5.74, 6) is -0.151. The van der Waals surface area contributed by atoms with Crippen LogP contribution in [0.4, 0.5) is 18.9 Å². The molecule has 1 aromatic carbocycles. The number of hydrogen-bond donors (Lipinski definition) is 1. The summed E-state index contributed by atoms with van der Waals surface area (Å²) in [6, 6.07) is 3.55. The Labute approximate surface area is 112 Å². The fraction of sp³-hybridized carbons (Fsp3) is 0.462. The van der Waals surface area contributed by atoms with Crippen LogP contribution in [0.15, 0.2) is 23.1 Å². The number of nitrogens with one attached hydrogen (secondary N) is 1. The molecule has 1 saturated carbocycles. The van der Waals surface area contributed by atoms with E-state index < -0.39 is 16.5 Å². The van der Waals surface area contributed by atoms with E-state index in [1.807, 2.05) is 0 Å². The lowest BCUT2D eigenvalue weighted by Crippen LogP contribution is -2.40. The third-order valence-electron chi connectivity index (χ3n) is 3.69. The van der Waals surface area contributed by atoms with Crippen molar-refractivity contribution in [2.75, 3.05) is 5.32 Å². The molecule has 1 aromatic rings. The van der Waals surface area contributed by atoms with E-state index in [-0.39, 0.29) is 11.6 Å². The molecule has 1 N–H and O–H groups in total. The summed E-state index contributed by atoms with van der Waals surface area (Å²) >= 11 is 1.41. The van der Waals surface area contributed by atoms with Crippen LogP contribution >= 0.6 is 11.8 Å². The fourth-order valence-corrected chi connectivity index (χ4v) is 4.07. The molecule has 1 fully saturated rings. The molecule has 0 saturated heterocycles. The zero-order valence-electron chi connectivity index (χ0n) is 10.0. The van der Waals surface area contributed by atoms with Crippen molar-refractivity contribution in [3.63, 3.8) is 0 Å². The summed E-state index contributed by atoms with van der Waals surface area (Å²) in [4.78, 5) is 12.9. The van der Waals surface area contributed by atoms with Gasteiger partial charge in [0.1, 0.15) is 0 Å². The Bertz CT molecular complexity index is 535. The number of hydrogen-bond acceptors (Lipinski definition) is 2. The molecule has 3 rings (SSSR count). The number of benzene rings is 1. The second-order valence-corrected chi connectivity index (χ2v) is 6.39. The first-order valence-corrected chi connectivity index (χ1v) is 6.94. The SMILES string of the molecule is O=C1Nc2cc(C(F)(F)F)ccc2SC12CCCC2. The second kappa shape index (κ2) is 4.16. The number of thioether (sulfide) groups is 1. The molecule has 102 valence electrons. The third kappa shape index (κ3) is 2.12. The first kappa shape index (κ1) is 12.8. The molecule has 2 aliphatic rings. The zero-order chi connectivity index (χ0) is 13.7. The Morgan fingerprint density at radius 2 is 1.89 bits per heavy atom. The highest BCUT2D eigenvalue weighted by Crippen LogP contribution is 2.51. The van der Waals surface area contributed by atoms with Gasteiger partial charge in [0.05, 0.1) is 16.0 Å². The van der Waals surface area contributed by atoms with Gasteiger partial charge < -0.3 is 5.32 Å². The molecule has 1 heterocycles. The quantitative estimate of drug-likeness (QED) is 0.779. The Kier molecular flexibility index (Phi) is 2.81. The van der Waals surface area contributed by atoms with Crippen LogP contribution in [0.5, 0.6) is 0 Å². The van der Waals surface area contributed by atoms with Gasteiger partial charge in [-0.2, -0.15) is 13.2 Å². The average molecular weight is 287 g/mol. The smallest absolute Gasteiger partial charge is 0.324 e. The molecule has 0 unspecified atom stereocenters.